The molecular formula is C10H8BrF2N3. The molecule has 16 heavy (non-hydrogen) atoms. The molecule has 0 saturated carbocycles. The fourth-order valence-electron chi connectivity index (χ4n) is 1.36. The fraction of sp³-hybridized carbons (Fsp3) is 0.100. The van der Waals surface area contributed by atoms with Crippen LogP contribution in [-0.2, 0) is 7.05 Å². The van der Waals surface area contributed by atoms with Crippen molar-refractivity contribution < 1.29 is 8.78 Å². The van der Waals surface area contributed by atoms with Gasteiger partial charge in [-0.1, -0.05) is 0 Å². The number of nitrogen functional groups attached to an aromatic ring is 1. The highest BCUT2D eigenvalue weighted by atomic mass is 79.9. The van der Waals surface area contributed by atoms with E-state index < -0.39 is 11.6 Å². The minimum absolute atomic E-state index is 0.0826. The Balaban J connectivity index is 2.67. The van der Waals surface area contributed by atoms with Crippen LogP contribution in [0.2, 0.25) is 0 Å². The molecule has 1 heterocycles. The van der Waals surface area contributed by atoms with Crippen molar-refractivity contribution in [2.75, 3.05) is 5.73 Å². The van der Waals surface area contributed by atoms with Gasteiger partial charge < -0.3 is 5.73 Å². The number of aryl methyl sites for hydroxylation is 1. The summed E-state index contributed by atoms with van der Waals surface area (Å²) in [6, 6.07) is 3.20. The Hall–Kier alpha value is -1.43. The van der Waals surface area contributed by atoms with Crippen molar-refractivity contribution in [3.8, 4) is 11.3 Å². The number of hydrogen-bond acceptors (Lipinski definition) is 2. The van der Waals surface area contributed by atoms with Gasteiger partial charge in [0.2, 0.25) is 0 Å². The Morgan fingerprint density at radius 1 is 1.38 bits per heavy atom. The summed E-state index contributed by atoms with van der Waals surface area (Å²) < 4.78 is 28.4. The summed E-state index contributed by atoms with van der Waals surface area (Å²) in [7, 11) is 1.63. The molecule has 0 aliphatic carbocycles. The second-order valence-electron chi connectivity index (χ2n) is 3.30. The zero-order valence-corrected chi connectivity index (χ0v) is 9.92. The van der Waals surface area contributed by atoms with Crippen LogP contribution in [0.15, 0.2) is 22.7 Å². The van der Waals surface area contributed by atoms with E-state index in [9.17, 15) is 8.78 Å². The minimum Gasteiger partial charge on any atom is -0.383 e. The highest BCUT2D eigenvalue weighted by molar-refractivity contribution is 9.10. The lowest BCUT2D eigenvalue weighted by atomic mass is 10.1. The smallest absolute Gasteiger partial charge is 0.136 e. The van der Waals surface area contributed by atoms with Gasteiger partial charge in [-0.2, -0.15) is 5.10 Å². The van der Waals surface area contributed by atoms with Gasteiger partial charge >= 0.3 is 0 Å². The molecular weight excluding hydrogens is 280 g/mol. The Bertz CT molecular complexity index is 551. The first-order chi connectivity index (χ1) is 7.50. The van der Waals surface area contributed by atoms with Crippen molar-refractivity contribution in [1.29, 1.82) is 0 Å². The molecule has 0 aliphatic rings. The standard InChI is InChI=1S/C10H8BrF2N3/c1-16-10(14)8(11)9(15-16)6-4-5(12)2-3-7(6)13/h2-4H,14H2,1H3. The normalized spacial score (nSPS) is 10.8. The molecule has 84 valence electrons. The van der Waals surface area contributed by atoms with Crippen LogP contribution >= 0.6 is 15.9 Å². The van der Waals surface area contributed by atoms with Crippen LogP contribution in [0.25, 0.3) is 11.3 Å². The van der Waals surface area contributed by atoms with Crippen molar-refractivity contribution in [2.24, 2.45) is 7.05 Å². The zero-order valence-electron chi connectivity index (χ0n) is 8.34. The second kappa shape index (κ2) is 3.86. The predicted octanol–water partition coefficient (Wildman–Crippen LogP) is 2.71. The molecule has 2 N–H and O–H groups in total. The third-order valence-corrected chi connectivity index (χ3v) is 3.00. The molecule has 2 aromatic rings. The zero-order chi connectivity index (χ0) is 11.9. The van der Waals surface area contributed by atoms with Gasteiger partial charge in [-0.25, -0.2) is 8.78 Å². The number of nitrogens with zero attached hydrogens (tertiary/aromatic N) is 2. The summed E-state index contributed by atoms with van der Waals surface area (Å²) in [5, 5.41) is 4.02. The van der Waals surface area contributed by atoms with E-state index in [1.54, 1.807) is 7.05 Å². The monoisotopic (exact) mass is 287 g/mol. The number of aromatic nitrogens is 2. The molecule has 1 aromatic heterocycles. The molecule has 3 nitrogen and oxygen atoms in total. The molecule has 0 amide bonds. The van der Waals surface area contributed by atoms with Gasteiger partial charge in [0, 0.05) is 12.6 Å². The molecule has 0 bridgehead atoms. The van der Waals surface area contributed by atoms with Gasteiger partial charge in [0.05, 0.1) is 4.47 Å². The largest absolute Gasteiger partial charge is 0.383 e. The summed E-state index contributed by atoms with van der Waals surface area (Å²) >= 11 is 3.20. The lowest BCUT2D eigenvalue weighted by Crippen LogP contribution is -1.97. The van der Waals surface area contributed by atoms with Crippen LogP contribution in [0.5, 0.6) is 0 Å². The molecule has 6 heteroatoms. The SMILES string of the molecule is Cn1nc(-c2cc(F)ccc2F)c(Br)c1N. The molecule has 0 fully saturated rings. The first-order valence-electron chi connectivity index (χ1n) is 4.44. The number of anilines is 1. The molecule has 0 aliphatic heterocycles. The molecule has 0 spiro atoms. The van der Waals surface area contributed by atoms with Crippen LogP contribution in [0.3, 0.4) is 0 Å². The van der Waals surface area contributed by atoms with Gasteiger partial charge in [0.1, 0.15) is 23.1 Å². The van der Waals surface area contributed by atoms with E-state index in [2.05, 4.69) is 21.0 Å². The Kier molecular flexibility index (Phi) is 2.67. The maximum Gasteiger partial charge on any atom is 0.136 e. The van der Waals surface area contributed by atoms with Gasteiger partial charge in [-0.3, -0.25) is 4.68 Å². The summed E-state index contributed by atoms with van der Waals surface area (Å²) in [6.45, 7) is 0. The number of nitrogens with two attached hydrogens (primary N) is 1. The number of rotatable bonds is 1. The van der Waals surface area contributed by atoms with E-state index in [4.69, 9.17) is 5.73 Å². The number of benzene rings is 1. The minimum atomic E-state index is -0.541. The fourth-order valence-corrected chi connectivity index (χ4v) is 1.91. The lowest BCUT2D eigenvalue weighted by Gasteiger charge is -2.00. The Labute approximate surface area is 99.0 Å². The average molecular weight is 288 g/mol. The Morgan fingerprint density at radius 3 is 2.62 bits per heavy atom. The average Bonchev–Trinajstić information content (AvgIpc) is 2.50. The third-order valence-electron chi connectivity index (χ3n) is 2.21. The molecule has 2 rings (SSSR count). The van der Waals surface area contributed by atoms with E-state index in [1.165, 1.54) is 4.68 Å². The van der Waals surface area contributed by atoms with E-state index in [1.807, 2.05) is 0 Å². The van der Waals surface area contributed by atoms with Crippen LogP contribution in [-0.4, -0.2) is 9.78 Å². The summed E-state index contributed by atoms with van der Waals surface area (Å²) in [4.78, 5) is 0. The number of halogens is 3. The topological polar surface area (TPSA) is 43.8 Å². The molecule has 0 atom stereocenters. The van der Waals surface area contributed by atoms with E-state index >= 15 is 0 Å². The van der Waals surface area contributed by atoms with Crippen LogP contribution < -0.4 is 5.73 Å². The maximum atomic E-state index is 13.5. The van der Waals surface area contributed by atoms with E-state index in [0.717, 1.165) is 18.2 Å². The number of hydrogen-bond donors (Lipinski definition) is 1. The molecule has 0 saturated heterocycles. The van der Waals surface area contributed by atoms with Gasteiger partial charge in [-0.15, -0.1) is 0 Å². The highest BCUT2D eigenvalue weighted by Crippen LogP contribution is 2.33. The first-order valence-corrected chi connectivity index (χ1v) is 5.23. The third kappa shape index (κ3) is 1.69. The van der Waals surface area contributed by atoms with E-state index in [0.29, 0.717) is 10.3 Å². The quantitative estimate of drug-likeness (QED) is 0.876. The summed E-state index contributed by atoms with van der Waals surface area (Å²) in [5.41, 5.74) is 6.04. The predicted molar refractivity (Wildman–Crippen MR) is 60.7 cm³/mol. The molecule has 0 unspecified atom stereocenters. The van der Waals surface area contributed by atoms with Gasteiger partial charge in [0.25, 0.3) is 0 Å². The molecule has 0 radical (unpaired) electrons. The second-order valence-corrected chi connectivity index (χ2v) is 4.09. The van der Waals surface area contributed by atoms with E-state index in [-0.39, 0.29) is 11.3 Å². The van der Waals surface area contributed by atoms with Crippen molar-refractivity contribution in [1.82, 2.24) is 9.78 Å². The lowest BCUT2D eigenvalue weighted by molar-refractivity contribution is 0.602. The van der Waals surface area contributed by atoms with Crippen LogP contribution in [0, 0.1) is 11.6 Å². The van der Waals surface area contributed by atoms with Crippen molar-refractivity contribution in [3.05, 3.63) is 34.3 Å². The maximum absolute atomic E-state index is 13.5. The molecule has 1 aromatic carbocycles. The van der Waals surface area contributed by atoms with Gasteiger partial charge in [-0.05, 0) is 34.1 Å². The van der Waals surface area contributed by atoms with Crippen molar-refractivity contribution in [3.63, 3.8) is 0 Å². The summed E-state index contributed by atoms with van der Waals surface area (Å²) in [5.74, 6) is -0.702. The van der Waals surface area contributed by atoms with Gasteiger partial charge in [0.15, 0.2) is 0 Å². The van der Waals surface area contributed by atoms with Crippen LogP contribution in [0.4, 0.5) is 14.6 Å². The highest BCUT2D eigenvalue weighted by Gasteiger charge is 2.16. The van der Waals surface area contributed by atoms with Crippen molar-refractivity contribution in [2.45, 2.75) is 0 Å². The van der Waals surface area contributed by atoms with Crippen molar-refractivity contribution >= 4 is 21.7 Å². The Morgan fingerprint density at radius 2 is 2.06 bits per heavy atom. The summed E-state index contributed by atoms with van der Waals surface area (Å²) in [6.07, 6.45) is 0. The van der Waals surface area contributed by atoms with Crippen LogP contribution in [0.1, 0.15) is 0 Å². The first kappa shape index (κ1) is 11.1.